The highest BCUT2D eigenvalue weighted by Gasteiger charge is 2.11. The number of amides is 2. The molecule has 0 radical (unpaired) electrons. The third-order valence-electron chi connectivity index (χ3n) is 5.10. The van der Waals surface area contributed by atoms with Gasteiger partial charge in [-0.2, -0.15) is 5.10 Å². The first kappa shape index (κ1) is 20.8. The maximum absolute atomic E-state index is 12.4. The van der Waals surface area contributed by atoms with Crippen LogP contribution in [0.25, 0.3) is 17.0 Å². The second kappa shape index (κ2) is 10.0. The van der Waals surface area contributed by atoms with Crippen molar-refractivity contribution in [3.63, 3.8) is 0 Å². The van der Waals surface area contributed by atoms with E-state index in [4.69, 9.17) is 4.74 Å². The molecule has 2 aromatic carbocycles. The van der Waals surface area contributed by atoms with Crippen LogP contribution in [0.15, 0.2) is 54.6 Å². The quantitative estimate of drug-likeness (QED) is 0.510. The van der Waals surface area contributed by atoms with E-state index in [1.54, 1.807) is 30.3 Å². The van der Waals surface area contributed by atoms with Gasteiger partial charge in [0.15, 0.2) is 0 Å². The van der Waals surface area contributed by atoms with Crippen molar-refractivity contribution in [3.8, 4) is 0 Å². The van der Waals surface area contributed by atoms with Gasteiger partial charge in [0, 0.05) is 48.9 Å². The maximum Gasteiger partial charge on any atom is 0.251 e. The lowest BCUT2D eigenvalue weighted by Gasteiger charge is -2.26. The van der Waals surface area contributed by atoms with Gasteiger partial charge in [0.2, 0.25) is 5.91 Å². The Morgan fingerprint density at radius 3 is 2.84 bits per heavy atom. The number of anilines is 1. The molecule has 1 aliphatic rings. The first-order valence-electron chi connectivity index (χ1n) is 10.3. The predicted octanol–water partition coefficient (Wildman–Crippen LogP) is 2.28. The fraction of sp³-hybridized carbons (Fsp3) is 0.261. The smallest absolute Gasteiger partial charge is 0.251 e. The van der Waals surface area contributed by atoms with Crippen LogP contribution >= 0.6 is 0 Å². The lowest BCUT2D eigenvalue weighted by Crippen LogP contribution is -2.41. The number of nitrogens with zero attached hydrogens (tertiary/aromatic N) is 2. The molecule has 3 aromatic rings. The van der Waals surface area contributed by atoms with Crippen LogP contribution in [-0.2, 0) is 9.53 Å². The molecule has 0 bridgehead atoms. The number of rotatable bonds is 7. The summed E-state index contributed by atoms with van der Waals surface area (Å²) < 4.78 is 5.33. The van der Waals surface area contributed by atoms with Crippen molar-refractivity contribution >= 4 is 34.5 Å². The molecule has 1 aliphatic heterocycles. The number of H-pyrrole nitrogens is 1. The summed E-state index contributed by atoms with van der Waals surface area (Å²) in [6.45, 7) is 4.60. The van der Waals surface area contributed by atoms with E-state index in [0.29, 0.717) is 23.5 Å². The van der Waals surface area contributed by atoms with Crippen molar-refractivity contribution < 1.29 is 14.3 Å². The lowest BCUT2D eigenvalue weighted by molar-refractivity contribution is -0.111. The number of hydrogen-bond acceptors (Lipinski definition) is 5. The van der Waals surface area contributed by atoms with Crippen molar-refractivity contribution in [2.45, 2.75) is 0 Å². The van der Waals surface area contributed by atoms with E-state index in [2.05, 4.69) is 25.7 Å². The summed E-state index contributed by atoms with van der Waals surface area (Å²) in [6.07, 6.45) is 3.09. The number of hydrogen-bond donors (Lipinski definition) is 3. The second-order valence-electron chi connectivity index (χ2n) is 7.27. The van der Waals surface area contributed by atoms with E-state index in [1.807, 2.05) is 24.3 Å². The molecule has 0 atom stereocenters. The number of ether oxygens (including phenoxy) is 1. The second-order valence-corrected chi connectivity index (χ2v) is 7.27. The van der Waals surface area contributed by atoms with Crippen molar-refractivity contribution in [2.75, 3.05) is 44.7 Å². The van der Waals surface area contributed by atoms with E-state index in [0.717, 1.165) is 43.8 Å². The fourth-order valence-corrected chi connectivity index (χ4v) is 3.44. The third kappa shape index (κ3) is 5.56. The molecular weight excluding hydrogens is 394 g/mol. The molecule has 2 amide bonds. The average Bonchev–Trinajstić information content (AvgIpc) is 3.22. The number of morpholine rings is 1. The molecule has 0 saturated carbocycles. The Bertz CT molecular complexity index is 1090. The summed E-state index contributed by atoms with van der Waals surface area (Å²) in [4.78, 5) is 27.0. The highest BCUT2D eigenvalue weighted by molar-refractivity contribution is 6.04. The first-order valence-corrected chi connectivity index (χ1v) is 10.3. The standard InChI is InChI=1S/C23H25N5O3/c29-22(9-8-21-19-6-1-2-7-20(19)26-27-21)25-18-5-3-4-17(16-18)23(30)24-10-11-28-12-14-31-15-13-28/h1-9,16H,10-15H2,(H,24,30)(H,25,29)(H,26,27)/b9-8+. The Hall–Kier alpha value is -3.49. The average molecular weight is 419 g/mol. The zero-order chi connectivity index (χ0) is 21.5. The van der Waals surface area contributed by atoms with Crippen molar-refractivity contribution in [1.82, 2.24) is 20.4 Å². The first-order chi connectivity index (χ1) is 15.2. The van der Waals surface area contributed by atoms with Crippen LogP contribution in [0.5, 0.6) is 0 Å². The van der Waals surface area contributed by atoms with Crippen molar-refractivity contribution in [1.29, 1.82) is 0 Å². The number of fused-ring (bicyclic) bond motifs is 1. The van der Waals surface area contributed by atoms with E-state index in [9.17, 15) is 9.59 Å². The Labute approximate surface area is 180 Å². The molecule has 1 aromatic heterocycles. The van der Waals surface area contributed by atoms with Gasteiger partial charge in [0.05, 0.1) is 24.4 Å². The molecule has 0 aliphatic carbocycles. The molecule has 1 fully saturated rings. The van der Waals surface area contributed by atoms with E-state index < -0.39 is 0 Å². The van der Waals surface area contributed by atoms with Crippen LogP contribution in [-0.4, -0.2) is 66.3 Å². The molecule has 4 rings (SSSR count). The summed E-state index contributed by atoms with van der Waals surface area (Å²) in [5.41, 5.74) is 2.67. The van der Waals surface area contributed by atoms with Gasteiger partial charge < -0.3 is 15.4 Å². The predicted molar refractivity (Wildman–Crippen MR) is 120 cm³/mol. The molecule has 160 valence electrons. The zero-order valence-corrected chi connectivity index (χ0v) is 17.1. The number of carbonyl (C=O) groups is 2. The number of benzene rings is 2. The Kier molecular flexibility index (Phi) is 6.71. The van der Waals surface area contributed by atoms with Crippen molar-refractivity contribution in [3.05, 3.63) is 65.9 Å². The van der Waals surface area contributed by atoms with Crippen LogP contribution in [0.1, 0.15) is 16.1 Å². The number of aromatic nitrogens is 2. The van der Waals surface area contributed by atoms with Crippen LogP contribution in [0.2, 0.25) is 0 Å². The minimum Gasteiger partial charge on any atom is -0.379 e. The molecule has 8 heteroatoms. The zero-order valence-electron chi connectivity index (χ0n) is 17.1. The van der Waals surface area contributed by atoms with Gasteiger partial charge in [-0.25, -0.2) is 0 Å². The van der Waals surface area contributed by atoms with Gasteiger partial charge in [0.1, 0.15) is 0 Å². The monoisotopic (exact) mass is 419 g/mol. The molecule has 3 N–H and O–H groups in total. The SMILES string of the molecule is O=C(/C=C/c1n[nH]c2ccccc12)Nc1cccc(C(=O)NCCN2CCOCC2)c1. The van der Waals surface area contributed by atoms with Gasteiger partial charge >= 0.3 is 0 Å². The Morgan fingerprint density at radius 2 is 1.97 bits per heavy atom. The number of nitrogens with one attached hydrogen (secondary N) is 3. The summed E-state index contributed by atoms with van der Waals surface area (Å²) in [5, 5.41) is 13.8. The Morgan fingerprint density at radius 1 is 1.13 bits per heavy atom. The van der Waals surface area contributed by atoms with Crippen LogP contribution in [0.3, 0.4) is 0 Å². The fourth-order valence-electron chi connectivity index (χ4n) is 3.44. The molecular formula is C23H25N5O3. The highest BCUT2D eigenvalue weighted by atomic mass is 16.5. The van der Waals surface area contributed by atoms with Gasteiger partial charge in [0.25, 0.3) is 5.91 Å². The molecule has 2 heterocycles. The lowest BCUT2D eigenvalue weighted by atomic mass is 10.2. The summed E-state index contributed by atoms with van der Waals surface area (Å²) in [5.74, 6) is -0.458. The maximum atomic E-state index is 12.4. The summed E-state index contributed by atoms with van der Waals surface area (Å²) >= 11 is 0. The molecule has 31 heavy (non-hydrogen) atoms. The number of carbonyl (C=O) groups excluding carboxylic acids is 2. The molecule has 8 nitrogen and oxygen atoms in total. The van der Waals surface area contributed by atoms with E-state index >= 15 is 0 Å². The van der Waals surface area contributed by atoms with Gasteiger partial charge in [-0.05, 0) is 30.3 Å². The number of aromatic amines is 1. The molecule has 0 spiro atoms. The van der Waals surface area contributed by atoms with E-state index in [1.165, 1.54) is 6.08 Å². The summed E-state index contributed by atoms with van der Waals surface area (Å²) in [6, 6.07) is 14.6. The van der Waals surface area contributed by atoms with Crippen LogP contribution < -0.4 is 10.6 Å². The van der Waals surface area contributed by atoms with Gasteiger partial charge in [-0.3, -0.25) is 19.6 Å². The van der Waals surface area contributed by atoms with Crippen LogP contribution in [0, 0.1) is 0 Å². The van der Waals surface area contributed by atoms with Crippen LogP contribution in [0.4, 0.5) is 5.69 Å². The van der Waals surface area contributed by atoms with Gasteiger partial charge in [-0.15, -0.1) is 0 Å². The highest BCUT2D eigenvalue weighted by Crippen LogP contribution is 2.16. The van der Waals surface area contributed by atoms with Crippen molar-refractivity contribution in [2.24, 2.45) is 0 Å². The topological polar surface area (TPSA) is 99.3 Å². The normalized spacial score (nSPS) is 14.7. The Balaban J connectivity index is 1.31. The molecule has 1 saturated heterocycles. The minimum absolute atomic E-state index is 0.164. The largest absolute Gasteiger partial charge is 0.379 e. The van der Waals surface area contributed by atoms with Gasteiger partial charge in [-0.1, -0.05) is 24.3 Å². The molecule has 0 unspecified atom stereocenters. The number of para-hydroxylation sites is 1. The summed E-state index contributed by atoms with van der Waals surface area (Å²) in [7, 11) is 0. The van der Waals surface area contributed by atoms with E-state index in [-0.39, 0.29) is 11.8 Å². The third-order valence-corrected chi connectivity index (χ3v) is 5.10. The minimum atomic E-state index is -0.294.